The Bertz CT molecular complexity index is 601. The highest BCUT2D eigenvalue weighted by molar-refractivity contribution is 5.76. The van der Waals surface area contributed by atoms with Crippen molar-refractivity contribution in [2.24, 2.45) is 0 Å². The summed E-state index contributed by atoms with van der Waals surface area (Å²) in [5.41, 5.74) is 1.97. The van der Waals surface area contributed by atoms with E-state index in [9.17, 15) is 18.7 Å². The molecule has 0 saturated heterocycles. The molecule has 0 fully saturated rings. The number of carboxylic acid groups (broad SMARTS) is 1. The predicted molar refractivity (Wildman–Crippen MR) is 71.6 cm³/mol. The molecule has 0 radical (unpaired) electrons. The third-order valence-electron chi connectivity index (χ3n) is 3.14. The second kappa shape index (κ2) is 5.82. The minimum atomic E-state index is -1.02. The molecule has 4 heteroatoms. The van der Waals surface area contributed by atoms with Crippen LogP contribution in [0, 0.1) is 18.6 Å². The summed E-state index contributed by atoms with van der Waals surface area (Å²) >= 11 is 0. The van der Waals surface area contributed by atoms with E-state index >= 15 is 0 Å². The molecular weight excluding hydrogens is 262 g/mol. The van der Waals surface area contributed by atoms with E-state index < -0.39 is 23.5 Å². The Kier molecular flexibility index (Phi) is 4.13. The maximum atomic E-state index is 13.1. The van der Waals surface area contributed by atoms with E-state index in [4.69, 9.17) is 0 Å². The van der Waals surface area contributed by atoms with Crippen molar-refractivity contribution in [1.29, 1.82) is 0 Å². The lowest BCUT2D eigenvalue weighted by molar-refractivity contribution is -0.138. The molecule has 0 spiro atoms. The van der Waals surface area contributed by atoms with Gasteiger partial charge in [0, 0.05) is 6.07 Å². The molecule has 0 amide bonds. The van der Waals surface area contributed by atoms with Crippen molar-refractivity contribution in [3.63, 3.8) is 0 Å². The van der Waals surface area contributed by atoms with E-state index in [0.717, 1.165) is 23.8 Å². The number of carboxylic acids is 1. The van der Waals surface area contributed by atoms with Gasteiger partial charge in [0.05, 0.1) is 5.92 Å². The SMILES string of the molecule is Cc1ccc(C(Cc2cc(F)cc(F)c2)C(=O)O)cc1. The molecular formula is C16H14F2O2. The van der Waals surface area contributed by atoms with Crippen molar-refractivity contribution in [1.82, 2.24) is 0 Å². The lowest BCUT2D eigenvalue weighted by Gasteiger charge is -2.13. The summed E-state index contributed by atoms with van der Waals surface area (Å²) < 4.78 is 26.3. The molecule has 0 saturated carbocycles. The Balaban J connectivity index is 2.30. The van der Waals surface area contributed by atoms with Gasteiger partial charge in [0.25, 0.3) is 0 Å². The average Bonchev–Trinajstić information content (AvgIpc) is 2.36. The average molecular weight is 276 g/mol. The molecule has 2 rings (SSSR count). The molecule has 0 bridgehead atoms. The minimum Gasteiger partial charge on any atom is -0.481 e. The van der Waals surface area contributed by atoms with Crippen molar-refractivity contribution in [2.75, 3.05) is 0 Å². The van der Waals surface area contributed by atoms with E-state index in [1.807, 2.05) is 19.1 Å². The maximum absolute atomic E-state index is 13.1. The van der Waals surface area contributed by atoms with Crippen LogP contribution in [0.25, 0.3) is 0 Å². The van der Waals surface area contributed by atoms with Gasteiger partial charge in [0.2, 0.25) is 0 Å². The first-order chi connectivity index (χ1) is 9.45. The van der Waals surface area contributed by atoms with Crippen LogP contribution >= 0.6 is 0 Å². The summed E-state index contributed by atoms with van der Waals surface area (Å²) in [7, 11) is 0. The molecule has 1 unspecified atom stereocenters. The smallest absolute Gasteiger partial charge is 0.311 e. The van der Waals surface area contributed by atoms with Gasteiger partial charge in [-0.1, -0.05) is 29.8 Å². The van der Waals surface area contributed by atoms with E-state index in [2.05, 4.69) is 0 Å². The maximum Gasteiger partial charge on any atom is 0.311 e. The van der Waals surface area contributed by atoms with Gasteiger partial charge >= 0.3 is 5.97 Å². The quantitative estimate of drug-likeness (QED) is 0.924. The second-order valence-electron chi connectivity index (χ2n) is 4.78. The number of carbonyl (C=O) groups is 1. The normalized spacial score (nSPS) is 12.2. The van der Waals surface area contributed by atoms with Crippen LogP contribution < -0.4 is 0 Å². The fraction of sp³-hybridized carbons (Fsp3) is 0.188. The first kappa shape index (κ1) is 14.2. The summed E-state index contributed by atoms with van der Waals surface area (Å²) in [5.74, 6) is -3.24. The number of hydrogen-bond donors (Lipinski definition) is 1. The molecule has 0 aromatic heterocycles. The Hall–Kier alpha value is -2.23. The highest BCUT2D eigenvalue weighted by Gasteiger charge is 2.20. The van der Waals surface area contributed by atoms with Crippen molar-refractivity contribution in [3.05, 3.63) is 70.8 Å². The molecule has 0 aliphatic heterocycles. The number of benzene rings is 2. The molecule has 0 aliphatic rings. The van der Waals surface area contributed by atoms with Crippen LogP contribution in [0.3, 0.4) is 0 Å². The Morgan fingerprint density at radius 3 is 2.15 bits per heavy atom. The summed E-state index contributed by atoms with van der Waals surface area (Å²) in [4.78, 5) is 11.4. The fourth-order valence-electron chi connectivity index (χ4n) is 2.11. The highest BCUT2D eigenvalue weighted by atomic mass is 19.1. The largest absolute Gasteiger partial charge is 0.481 e. The zero-order chi connectivity index (χ0) is 14.7. The van der Waals surface area contributed by atoms with Gasteiger partial charge in [0.15, 0.2) is 0 Å². The fourth-order valence-corrected chi connectivity index (χ4v) is 2.11. The standard InChI is InChI=1S/C16H14F2O2/c1-10-2-4-12(5-3-10)15(16(19)20)8-11-6-13(17)9-14(18)7-11/h2-7,9,15H,8H2,1H3,(H,19,20). The third kappa shape index (κ3) is 3.41. The number of halogens is 2. The van der Waals surface area contributed by atoms with Gasteiger partial charge in [-0.2, -0.15) is 0 Å². The predicted octanol–water partition coefficient (Wildman–Crippen LogP) is 3.68. The van der Waals surface area contributed by atoms with Crippen LogP contribution in [0.5, 0.6) is 0 Å². The first-order valence-corrected chi connectivity index (χ1v) is 6.20. The highest BCUT2D eigenvalue weighted by Crippen LogP contribution is 2.23. The number of hydrogen-bond acceptors (Lipinski definition) is 1. The molecule has 2 aromatic carbocycles. The summed E-state index contributed by atoms with van der Waals surface area (Å²) in [5, 5.41) is 9.31. The van der Waals surface area contributed by atoms with Crippen LogP contribution in [0.1, 0.15) is 22.6 Å². The summed E-state index contributed by atoms with van der Waals surface area (Å²) in [6, 6.07) is 10.2. The van der Waals surface area contributed by atoms with E-state index in [1.54, 1.807) is 12.1 Å². The van der Waals surface area contributed by atoms with Crippen molar-refractivity contribution < 1.29 is 18.7 Å². The van der Waals surface area contributed by atoms with Gasteiger partial charge in [-0.05, 0) is 36.6 Å². The molecule has 0 heterocycles. The molecule has 0 aliphatic carbocycles. The molecule has 1 atom stereocenters. The lowest BCUT2D eigenvalue weighted by Crippen LogP contribution is -2.14. The summed E-state index contributed by atoms with van der Waals surface area (Å²) in [6.07, 6.45) is 0.0487. The number of aliphatic carboxylic acids is 1. The Labute approximate surface area is 115 Å². The first-order valence-electron chi connectivity index (χ1n) is 6.20. The zero-order valence-electron chi connectivity index (χ0n) is 10.9. The van der Waals surface area contributed by atoms with E-state index in [0.29, 0.717) is 11.1 Å². The van der Waals surface area contributed by atoms with Crippen LogP contribution in [0.15, 0.2) is 42.5 Å². The van der Waals surface area contributed by atoms with E-state index in [1.165, 1.54) is 0 Å². The van der Waals surface area contributed by atoms with Crippen LogP contribution in [-0.2, 0) is 11.2 Å². The molecule has 2 aromatic rings. The Morgan fingerprint density at radius 2 is 1.65 bits per heavy atom. The third-order valence-corrected chi connectivity index (χ3v) is 3.14. The Morgan fingerprint density at radius 1 is 1.10 bits per heavy atom. The molecule has 1 N–H and O–H groups in total. The van der Waals surface area contributed by atoms with Crippen molar-refractivity contribution >= 4 is 5.97 Å². The van der Waals surface area contributed by atoms with Crippen LogP contribution in [-0.4, -0.2) is 11.1 Å². The second-order valence-corrected chi connectivity index (χ2v) is 4.78. The minimum absolute atomic E-state index is 0.0487. The zero-order valence-corrected chi connectivity index (χ0v) is 10.9. The monoisotopic (exact) mass is 276 g/mol. The molecule has 2 nitrogen and oxygen atoms in total. The van der Waals surface area contributed by atoms with Gasteiger partial charge < -0.3 is 5.11 Å². The summed E-state index contributed by atoms with van der Waals surface area (Å²) in [6.45, 7) is 1.90. The topological polar surface area (TPSA) is 37.3 Å². The number of aryl methyl sites for hydroxylation is 1. The number of rotatable bonds is 4. The molecule has 20 heavy (non-hydrogen) atoms. The van der Waals surface area contributed by atoms with Crippen molar-refractivity contribution in [3.8, 4) is 0 Å². The van der Waals surface area contributed by atoms with Crippen LogP contribution in [0.2, 0.25) is 0 Å². The molecule has 104 valence electrons. The van der Waals surface area contributed by atoms with Crippen molar-refractivity contribution in [2.45, 2.75) is 19.3 Å². The van der Waals surface area contributed by atoms with Gasteiger partial charge in [-0.15, -0.1) is 0 Å². The van der Waals surface area contributed by atoms with Crippen LogP contribution in [0.4, 0.5) is 8.78 Å². The van der Waals surface area contributed by atoms with Gasteiger partial charge in [0.1, 0.15) is 11.6 Å². The lowest BCUT2D eigenvalue weighted by atomic mass is 9.91. The van der Waals surface area contributed by atoms with E-state index in [-0.39, 0.29) is 6.42 Å². The van der Waals surface area contributed by atoms with Gasteiger partial charge in [-0.25, -0.2) is 8.78 Å². The van der Waals surface area contributed by atoms with Gasteiger partial charge in [-0.3, -0.25) is 4.79 Å².